The van der Waals surface area contributed by atoms with E-state index in [1.54, 1.807) is 13.0 Å². The van der Waals surface area contributed by atoms with Gasteiger partial charge in [-0.2, -0.15) is 0 Å². The van der Waals surface area contributed by atoms with Crippen molar-refractivity contribution in [1.29, 1.82) is 0 Å². The number of aryl methyl sites for hydroxylation is 1. The molecule has 1 aliphatic rings. The molecule has 1 aliphatic heterocycles. The Morgan fingerprint density at radius 3 is 2.52 bits per heavy atom. The Morgan fingerprint density at radius 2 is 1.86 bits per heavy atom. The molecule has 2 aromatic carbocycles. The summed E-state index contributed by atoms with van der Waals surface area (Å²) in [4.78, 5) is 28.7. The van der Waals surface area contributed by atoms with Crippen molar-refractivity contribution in [3.05, 3.63) is 65.5 Å². The number of amides is 2. The van der Waals surface area contributed by atoms with Crippen molar-refractivity contribution in [1.82, 2.24) is 10.2 Å². The standard InChI is InChI=1S/C23H28FN3O2/c1-3-27(21-9-5-8-19(24)15-21)23(29)22(28)25-20-10-12-26(13-11-20)16-18-7-4-6-17(2)14-18/h4-9,14-15,20H,3,10-13,16H2,1-2H3,(H,25,28). The minimum atomic E-state index is -0.653. The first kappa shape index (κ1) is 21.0. The van der Waals surface area contributed by atoms with E-state index in [0.717, 1.165) is 32.5 Å². The smallest absolute Gasteiger partial charge is 0.316 e. The van der Waals surface area contributed by atoms with E-state index < -0.39 is 17.6 Å². The Labute approximate surface area is 171 Å². The van der Waals surface area contributed by atoms with E-state index in [-0.39, 0.29) is 6.04 Å². The fourth-order valence-electron chi connectivity index (χ4n) is 3.76. The molecule has 29 heavy (non-hydrogen) atoms. The third-order valence-corrected chi connectivity index (χ3v) is 5.29. The van der Waals surface area contributed by atoms with Crippen LogP contribution in [0.1, 0.15) is 30.9 Å². The lowest BCUT2D eigenvalue weighted by Crippen LogP contribution is -2.50. The number of benzene rings is 2. The molecule has 0 aromatic heterocycles. The number of halogens is 1. The molecule has 3 rings (SSSR count). The fourth-order valence-corrected chi connectivity index (χ4v) is 3.76. The van der Waals surface area contributed by atoms with Crippen LogP contribution < -0.4 is 10.2 Å². The van der Waals surface area contributed by atoms with Crippen LogP contribution in [0.25, 0.3) is 0 Å². The minimum Gasteiger partial charge on any atom is -0.345 e. The quantitative estimate of drug-likeness (QED) is 0.788. The minimum absolute atomic E-state index is 0.0218. The van der Waals surface area contributed by atoms with Crippen LogP contribution in [-0.4, -0.2) is 42.4 Å². The van der Waals surface area contributed by atoms with Crippen LogP contribution in [0.15, 0.2) is 48.5 Å². The first-order chi connectivity index (χ1) is 14.0. The Balaban J connectivity index is 1.51. The number of rotatable bonds is 5. The molecule has 0 radical (unpaired) electrons. The number of likely N-dealkylation sites (tertiary alicyclic amines) is 1. The van der Waals surface area contributed by atoms with Gasteiger partial charge in [-0.25, -0.2) is 4.39 Å². The van der Waals surface area contributed by atoms with Gasteiger partial charge in [0.15, 0.2) is 0 Å². The van der Waals surface area contributed by atoms with Crippen molar-refractivity contribution in [2.75, 3.05) is 24.5 Å². The Hall–Kier alpha value is -2.73. The van der Waals surface area contributed by atoms with E-state index in [4.69, 9.17) is 0 Å². The topological polar surface area (TPSA) is 52.7 Å². The number of hydrogen-bond acceptors (Lipinski definition) is 3. The normalized spacial score (nSPS) is 15.1. The maximum atomic E-state index is 13.5. The van der Waals surface area contributed by atoms with Crippen LogP contribution in [0.5, 0.6) is 0 Å². The van der Waals surface area contributed by atoms with E-state index in [0.29, 0.717) is 12.2 Å². The molecule has 1 N–H and O–H groups in total. The summed E-state index contributed by atoms with van der Waals surface area (Å²) in [5.74, 6) is -1.72. The van der Waals surface area contributed by atoms with Crippen molar-refractivity contribution in [3.8, 4) is 0 Å². The van der Waals surface area contributed by atoms with Crippen LogP contribution in [-0.2, 0) is 16.1 Å². The van der Waals surface area contributed by atoms with Gasteiger partial charge in [-0.05, 0) is 50.5 Å². The summed E-state index contributed by atoms with van der Waals surface area (Å²) in [5.41, 5.74) is 2.93. The van der Waals surface area contributed by atoms with Gasteiger partial charge in [-0.3, -0.25) is 14.5 Å². The van der Waals surface area contributed by atoms with Crippen LogP contribution in [0, 0.1) is 12.7 Å². The molecule has 2 aromatic rings. The van der Waals surface area contributed by atoms with E-state index >= 15 is 0 Å². The fraction of sp³-hybridized carbons (Fsp3) is 0.391. The predicted octanol–water partition coefficient (Wildman–Crippen LogP) is 3.27. The predicted molar refractivity (Wildman–Crippen MR) is 112 cm³/mol. The molecule has 2 amide bonds. The van der Waals surface area contributed by atoms with Gasteiger partial charge in [0.2, 0.25) is 0 Å². The molecular weight excluding hydrogens is 369 g/mol. The highest BCUT2D eigenvalue weighted by molar-refractivity contribution is 6.40. The Kier molecular flexibility index (Phi) is 6.99. The summed E-state index contributed by atoms with van der Waals surface area (Å²) in [6, 6.07) is 14.2. The molecular formula is C23H28FN3O2. The van der Waals surface area contributed by atoms with E-state index in [1.165, 1.54) is 34.2 Å². The molecule has 0 aliphatic carbocycles. The first-order valence-corrected chi connectivity index (χ1v) is 10.1. The van der Waals surface area contributed by atoms with E-state index in [2.05, 4.69) is 41.4 Å². The lowest BCUT2D eigenvalue weighted by atomic mass is 10.0. The molecule has 154 valence electrons. The zero-order chi connectivity index (χ0) is 20.8. The summed E-state index contributed by atoms with van der Waals surface area (Å²) in [6.45, 7) is 6.78. The number of hydrogen-bond donors (Lipinski definition) is 1. The van der Waals surface area contributed by atoms with Crippen LogP contribution in [0.2, 0.25) is 0 Å². The summed E-state index contributed by atoms with van der Waals surface area (Å²) < 4.78 is 13.5. The van der Waals surface area contributed by atoms with Crippen molar-refractivity contribution in [2.24, 2.45) is 0 Å². The molecule has 0 unspecified atom stereocenters. The Morgan fingerprint density at radius 1 is 1.14 bits per heavy atom. The number of carbonyl (C=O) groups excluding carboxylic acids is 2. The van der Waals surface area contributed by atoms with E-state index in [9.17, 15) is 14.0 Å². The van der Waals surface area contributed by atoms with Gasteiger partial charge in [0.25, 0.3) is 0 Å². The van der Waals surface area contributed by atoms with Gasteiger partial charge < -0.3 is 10.2 Å². The number of likely N-dealkylation sites (N-methyl/N-ethyl adjacent to an activating group) is 1. The van der Waals surface area contributed by atoms with Crippen molar-refractivity contribution in [3.63, 3.8) is 0 Å². The lowest BCUT2D eigenvalue weighted by molar-refractivity contribution is -0.138. The summed E-state index contributed by atoms with van der Waals surface area (Å²) in [5, 5.41) is 2.86. The second kappa shape index (κ2) is 9.65. The number of nitrogens with zero attached hydrogens (tertiary/aromatic N) is 2. The molecule has 1 heterocycles. The largest absolute Gasteiger partial charge is 0.345 e. The van der Waals surface area contributed by atoms with Gasteiger partial charge in [0.1, 0.15) is 5.82 Å². The van der Waals surface area contributed by atoms with Gasteiger partial charge in [0.05, 0.1) is 0 Å². The first-order valence-electron chi connectivity index (χ1n) is 10.1. The van der Waals surface area contributed by atoms with Gasteiger partial charge in [-0.1, -0.05) is 35.9 Å². The molecule has 5 nitrogen and oxygen atoms in total. The van der Waals surface area contributed by atoms with Crippen LogP contribution in [0.3, 0.4) is 0 Å². The van der Waals surface area contributed by atoms with Gasteiger partial charge in [0, 0.05) is 37.9 Å². The molecule has 1 saturated heterocycles. The third kappa shape index (κ3) is 5.64. The van der Waals surface area contributed by atoms with Crippen molar-refractivity contribution < 1.29 is 14.0 Å². The van der Waals surface area contributed by atoms with Crippen molar-refractivity contribution in [2.45, 2.75) is 39.3 Å². The Bertz CT molecular complexity index is 863. The number of anilines is 1. The SMILES string of the molecule is CCN(C(=O)C(=O)NC1CCN(Cc2cccc(C)c2)CC1)c1cccc(F)c1. The van der Waals surface area contributed by atoms with Crippen LogP contribution >= 0.6 is 0 Å². The van der Waals surface area contributed by atoms with Crippen LogP contribution in [0.4, 0.5) is 10.1 Å². The molecule has 0 atom stereocenters. The number of nitrogens with one attached hydrogen (secondary N) is 1. The molecule has 6 heteroatoms. The maximum absolute atomic E-state index is 13.5. The number of carbonyl (C=O) groups is 2. The van der Waals surface area contributed by atoms with Gasteiger partial charge >= 0.3 is 11.8 Å². The average Bonchev–Trinajstić information content (AvgIpc) is 2.70. The highest BCUT2D eigenvalue weighted by Crippen LogP contribution is 2.17. The van der Waals surface area contributed by atoms with E-state index in [1.807, 2.05) is 0 Å². The molecule has 0 saturated carbocycles. The zero-order valence-electron chi connectivity index (χ0n) is 17.0. The molecule has 1 fully saturated rings. The lowest BCUT2D eigenvalue weighted by Gasteiger charge is -2.32. The summed E-state index contributed by atoms with van der Waals surface area (Å²) in [7, 11) is 0. The summed E-state index contributed by atoms with van der Waals surface area (Å²) >= 11 is 0. The second-order valence-corrected chi connectivity index (χ2v) is 7.54. The highest BCUT2D eigenvalue weighted by Gasteiger charge is 2.27. The number of piperidine rings is 1. The molecule has 0 bridgehead atoms. The van der Waals surface area contributed by atoms with Crippen molar-refractivity contribution >= 4 is 17.5 Å². The second-order valence-electron chi connectivity index (χ2n) is 7.54. The highest BCUT2D eigenvalue weighted by atomic mass is 19.1. The average molecular weight is 397 g/mol. The monoisotopic (exact) mass is 397 g/mol. The molecule has 0 spiro atoms. The summed E-state index contributed by atoms with van der Waals surface area (Å²) in [6.07, 6.45) is 1.61. The van der Waals surface area contributed by atoms with Gasteiger partial charge in [-0.15, -0.1) is 0 Å². The maximum Gasteiger partial charge on any atom is 0.316 e. The third-order valence-electron chi connectivity index (χ3n) is 5.29. The zero-order valence-corrected chi connectivity index (χ0v) is 17.0.